The van der Waals surface area contributed by atoms with Gasteiger partial charge in [-0.2, -0.15) is 0 Å². The number of amides is 1. The molecule has 0 bridgehead atoms. The van der Waals surface area contributed by atoms with E-state index in [1.807, 2.05) is 30.3 Å². The molecule has 1 aliphatic heterocycles. The highest BCUT2D eigenvalue weighted by molar-refractivity contribution is 6.30. The van der Waals surface area contributed by atoms with E-state index in [-0.39, 0.29) is 24.5 Å². The summed E-state index contributed by atoms with van der Waals surface area (Å²) in [6, 6.07) is 15.0. The number of fused-ring (bicyclic) bond motifs is 1. The molecular formula is C20H22ClN2O3+. The molecule has 6 heteroatoms. The Hall–Kier alpha value is -2.37. The van der Waals surface area contributed by atoms with Gasteiger partial charge in [-0.1, -0.05) is 48.0 Å². The second-order valence-electron chi connectivity index (χ2n) is 6.46. The Labute approximate surface area is 157 Å². The minimum Gasteiger partial charge on any atom is -0.465 e. The summed E-state index contributed by atoms with van der Waals surface area (Å²) < 4.78 is 4.95. The third-order valence-corrected chi connectivity index (χ3v) is 4.98. The molecule has 1 heterocycles. The molecule has 0 spiro atoms. The molecule has 5 nitrogen and oxygen atoms in total. The molecular weight excluding hydrogens is 352 g/mol. The lowest BCUT2D eigenvalue weighted by molar-refractivity contribution is -0.924. The van der Waals surface area contributed by atoms with E-state index in [0.29, 0.717) is 24.5 Å². The Balaban J connectivity index is 1.64. The normalized spacial score (nSPS) is 18.7. The van der Waals surface area contributed by atoms with Gasteiger partial charge in [0.1, 0.15) is 6.54 Å². The fourth-order valence-corrected chi connectivity index (χ4v) is 3.44. The van der Waals surface area contributed by atoms with E-state index in [9.17, 15) is 9.59 Å². The Morgan fingerprint density at radius 2 is 1.85 bits per heavy atom. The van der Waals surface area contributed by atoms with Crippen molar-refractivity contribution in [2.24, 2.45) is 0 Å². The topological polar surface area (TPSA) is 59.8 Å². The number of esters is 1. The smallest absolute Gasteiger partial charge is 0.365 e. The van der Waals surface area contributed by atoms with Gasteiger partial charge in [0.2, 0.25) is 0 Å². The van der Waals surface area contributed by atoms with Gasteiger partial charge in [0.25, 0.3) is 5.91 Å². The number of hydrogen-bond donors (Lipinski definition) is 2. The first-order valence-electron chi connectivity index (χ1n) is 8.57. The maximum atomic E-state index is 12.4. The predicted molar refractivity (Wildman–Crippen MR) is 98.8 cm³/mol. The van der Waals surface area contributed by atoms with Gasteiger partial charge in [0, 0.05) is 23.6 Å². The number of halogens is 1. The average Bonchev–Trinajstić information content (AvgIpc) is 2.66. The fourth-order valence-electron chi connectivity index (χ4n) is 3.31. The van der Waals surface area contributed by atoms with Gasteiger partial charge < -0.3 is 15.0 Å². The van der Waals surface area contributed by atoms with E-state index in [1.165, 1.54) is 12.7 Å². The van der Waals surface area contributed by atoms with E-state index in [2.05, 4.69) is 11.4 Å². The highest BCUT2D eigenvalue weighted by atomic mass is 35.5. The number of carbonyl (C=O) groups is 2. The summed E-state index contributed by atoms with van der Waals surface area (Å²) in [7, 11) is 1.39. The zero-order valence-electron chi connectivity index (χ0n) is 14.6. The second kappa shape index (κ2) is 8.34. The SMILES string of the molecule is COC(=O)[C@H]1Cc2ccccc2C[NH+]1CC(=O)NCc1ccc(Cl)cc1. The van der Waals surface area contributed by atoms with Crippen molar-refractivity contribution in [2.75, 3.05) is 13.7 Å². The summed E-state index contributed by atoms with van der Waals surface area (Å²) in [5.74, 6) is -0.372. The van der Waals surface area contributed by atoms with Crippen LogP contribution in [-0.4, -0.2) is 31.6 Å². The zero-order valence-corrected chi connectivity index (χ0v) is 15.4. The highest BCUT2D eigenvalue weighted by Crippen LogP contribution is 2.14. The van der Waals surface area contributed by atoms with Crippen molar-refractivity contribution in [1.29, 1.82) is 0 Å². The summed E-state index contributed by atoms with van der Waals surface area (Å²) in [6.07, 6.45) is 0.586. The van der Waals surface area contributed by atoms with Gasteiger partial charge in [0.15, 0.2) is 12.6 Å². The van der Waals surface area contributed by atoms with Crippen LogP contribution in [0.4, 0.5) is 0 Å². The number of benzene rings is 2. The van der Waals surface area contributed by atoms with Gasteiger partial charge in [-0.25, -0.2) is 4.79 Å². The molecule has 0 aromatic heterocycles. The van der Waals surface area contributed by atoms with Crippen LogP contribution in [0, 0.1) is 0 Å². The monoisotopic (exact) mass is 373 g/mol. The Morgan fingerprint density at radius 1 is 1.15 bits per heavy atom. The van der Waals surface area contributed by atoms with E-state index < -0.39 is 0 Å². The molecule has 2 aromatic rings. The number of nitrogens with one attached hydrogen (secondary N) is 2. The minimum absolute atomic E-state index is 0.0942. The van der Waals surface area contributed by atoms with Crippen LogP contribution in [-0.2, 0) is 33.8 Å². The van der Waals surface area contributed by atoms with Gasteiger partial charge in [-0.15, -0.1) is 0 Å². The molecule has 136 valence electrons. The van der Waals surface area contributed by atoms with E-state index in [0.717, 1.165) is 16.0 Å². The Bertz CT molecular complexity index is 792. The molecule has 0 radical (unpaired) electrons. The van der Waals surface area contributed by atoms with Crippen molar-refractivity contribution in [3.05, 3.63) is 70.2 Å². The summed E-state index contributed by atoms with van der Waals surface area (Å²) in [5.41, 5.74) is 3.30. The average molecular weight is 374 g/mol. The molecule has 0 saturated heterocycles. The lowest BCUT2D eigenvalue weighted by Crippen LogP contribution is -3.17. The molecule has 0 fully saturated rings. The fraction of sp³-hybridized carbons (Fsp3) is 0.300. The first-order chi connectivity index (χ1) is 12.6. The Kier molecular flexibility index (Phi) is 5.91. The number of methoxy groups -OCH3 is 1. The van der Waals surface area contributed by atoms with Crippen LogP contribution in [0.3, 0.4) is 0 Å². The van der Waals surface area contributed by atoms with Crippen molar-refractivity contribution in [2.45, 2.75) is 25.6 Å². The standard InChI is InChI=1S/C20H21ClN2O3/c1-26-20(25)18-10-15-4-2-3-5-16(15)12-23(18)13-19(24)22-11-14-6-8-17(21)9-7-14/h2-9,18H,10-13H2,1H3,(H,22,24)/p+1/t18-/m1/s1. The maximum absolute atomic E-state index is 12.4. The number of ether oxygens (including phenoxy) is 1. The molecule has 26 heavy (non-hydrogen) atoms. The molecule has 3 rings (SSSR count). The van der Waals surface area contributed by atoms with E-state index in [4.69, 9.17) is 16.3 Å². The summed E-state index contributed by atoms with van der Waals surface area (Å²) in [6.45, 7) is 1.29. The van der Waals surface area contributed by atoms with Crippen molar-refractivity contribution >= 4 is 23.5 Å². The number of hydrogen-bond acceptors (Lipinski definition) is 3. The molecule has 1 aliphatic rings. The van der Waals surface area contributed by atoms with Gasteiger partial charge in [-0.3, -0.25) is 4.79 Å². The maximum Gasteiger partial charge on any atom is 0.365 e. The number of quaternary nitrogens is 1. The van der Waals surface area contributed by atoms with Crippen LogP contribution in [0.25, 0.3) is 0 Å². The van der Waals surface area contributed by atoms with E-state index in [1.54, 1.807) is 12.1 Å². The molecule has 1 amide bonds. The lowest BCUT2D eigenvalue weighted by atomic mass is 9.94. The number of carbonyl (C=O) groups excluding carboxylic acids is 2. The van der Waals surface area contributed by atoms with Crippen LogP contribution in [0.5, 0.6) is 0 Å². The van der Waals surface area contributed by atoms with Crippen LogP contribution in [0.15, 0.2) is 48.5 Å². The van der Waals surface area contributed by atoms with Crippen LogP contribution >= 0.6 is 11.6 Å². The van der Waals surface area contributed by atoms with Gasteiger partial charge >= 0.3 is 5.97 Å². The second-order valence-corrected chi connectivity index (χ2v) is 6.90. The van der Waals surface area contributed by atoms with Crippen molar-refractivity contribution in [1.82, 2.24) is 5.32 Å². The first-order valence-corrected chi connectivity index (χ1v) is 8.95. The highest BCUT2D eigenvalue weighted by Gasteiger charge is 2.36. The zero-order chi connectivity index (χ0) is 18.5. The molecule has 0 saturated carbocycles. The minimum atomic E-state index is -0.365. The van der Waals surface area contributed by atoms with Gasteiger partial charge in [0.05, 0.1) is 7.11 Å². The molecule has 2 aromatic carbocycles. The van der Waals surface area contributed by atoms with Crippen molar-refractivity contribution in [3.8, 4) is 0 Å². The quantitative estimate of drug-likeness (QED) is 0.773. The molecule has 2 atom stereocenters. The lowest BCUT2D eigenvalue weighted by Gasteiger charge is -2.31. The molecule has 0 aliphatic carbocycles. The third kappa shape index (κ3) is 4.42. The summed E-state index contributed by atoms with van der Waals surface area (Å²) >= 11 is 5.87. The van der Waals surface area contributed by atoms with Crippen LogP contribution in [0.2, 0.25) is 5.02 Å². The summed E-state index contributed by atoms with van der Waals surface area (Å²) in [5, 5.41) is 3.58. The molecule has 2 N–H and O–H groups in total. The molecule has 1 unspecified atom stereocenters. The van der Waals surface area contributed by atoms with Crippen LogP contribution in [0.1, 0.15) is 16.7 Å². The van der Waals surface area contributed by atoms with Gasteiger partial charge in [-0.05, 0) is 23.3 Å². The largest absolute Gasteiger partial charge is 0.465 e. The van der Waals surface area contributed by atoms with Crippen molar-refractivity contribution in [3.63, 3.8) is 0 Å². The first kappa shape index (κ1) is 18.4. The number of rotatable bonds is 5. The van der Waals surface area contributed by atoms with Crippen LogP contribution < -0.4 is 10.2 Å². The third-order valence-electron chi connectivity index (χ3n) is 4.73. The Morgan fingerprint density at radius 3 is 2.54 bits per heavy atom. The van der Waals surface area contributed by atoms with E-state index >= 15 is 0 Å². The summed E-state index contributed by atoms with van der Waals surface area (Å²) in [4.78, 5) is 25.5. The predicted octanol–water partition coefficient (Wildman–Crippen LogP) is 1.14. The van der Waals surface area contributed by atoms with Crippen molar-refractivity contribution < 1.29 is 19.2 Å².